The van der Waals surface area contributed by atoms with Crippen LogP contribution in [0.25, 0.3) is 0 Å². The molecule has 2 aromatic rings. The minimum absolute atomic E-state index is 0.232. The highest BCUT2D eigenvalue weighted by Crippen LogP contribution is 2.17. The number of aryl methyl sites for hydroxylation is 2. The monoisotopic (exact) mass is 336 g/mol. The molecule has 0 spiro atoms. The number of hydrazone groups is 1. The maximum atomic E-state index is 12.4. The van der Waals surface area contributed by atoms with E-state index in [2.05, 4.69) is 9.93 Å². The molecule has 0 aromatic heterocycles. The number of hydrogen-bond donors (Lipinski definition) is 1. The molecule has 0 radical (unpaired) electrons. The summed E-state index contributed by atoms with van der Waals surface area (Å²) in [6.45, 7) is 5.32. The van der Waals surface area contributed by atoms with Crippen molar-refractivity contribution in [1.29, 1.82) is 0 Å². The van der Waals surface area contributed by atoms with Gasteiger partial charge >= 0.3 is 0 Å². The Bertz CT molecular complexity index is 830. The van der Waals surface area contributed by atoms with Crippen LogP contribution in [-0.2, 0) is 10.0 Å². The van der Waals surface area contributed by atoms with Gasteiger partial charge in [-0.05, 0) is 55.7 Å². The van der Waals surface area contributed by atoms with Crippen molar-refractivity contribution in [3.8, 4) is 0 Å². The average Bonchev–Trinajstić information content (AvgIpc) is 2.47. The van der Waals surface area contributed by atoms with Crippen molar-refractivity contribution in [1.82, 2.24) is 4.83 Å². The molecule has 2 aromatic carbocycles. The summed E-state index contributed by atoms with van der Waals surface area (Å²) in [7, 11) is -3.70. The van der Waals surface area contributed by atoms with Gasteiger partial charge in [-0.25, -0.2) is 0 Å². The SMILES string of the molecule is C/C(=N/NS(=O)(=O)c1cc(C)ccc1C)c1cccc(Cl)c1. The van der Waals surface area contributed by atoms with Gasteiger partial charge in [-0.2, -0.15) is 18.4 Å². The lowest BCUT2D eigenvalue weighted by atomic mass is 10.1. The number of sulfonamides is 1. The van der Waals surface area contributed by atoms with Crippen molar-refractivity contribution in [3.05, 3.63) is 64.2 Å². The molecule has 22 heavy (non-hydrogen) atoms. The van der Waals surface area contributed by atoms with Crippen molar-refractivity contribution in [2.24, 2.45) is 5.10 Å². The van der Waals surface area contributed by atoms with E-state index < -0.39 is 10.0 Å². The minimum atomic E-state index is -3.70. The standard InChI is InChI=1S/C16H17ClN2O2S/c1-11-7-8-12(2)16(9-11)22(20,21)19-18-13(3)14-5-4-6-15(17)10-14/h4-10,19H,1-3H3/b18-13-. The molecule has 2 rings (SSSR count). The van der Waals surface area contributed by atoms with Gasteiger partial charge in [0.25, 0.3) is 10.0 Å². The summed E-state index contributed by atoms with van der Waals surface area (Å²) in [5.41, 5.74) is 2.85. The average molecular weight is 337 g/mol. The summed E-state index contributed by atoms with van der Waals surface area (Å²) in [5, 5.41) is 4.55. The predicted molar refractivity (Wildman–Crippen MR) is 89.9 cm³/mol. The third kappa shape index (κ3) is 3.87. The summed E-state index contributed by atoms with van der Waals surface area (Å²) in [6.07, 6.45) is 0. The highest BCUT2D eigenvalue weighted by molar-refractivity contribution is 7.89. The number of benzene rings is 2. The van der Waals surface area contributed by atoms with Gasteiger partial charge in [0.15, 0.2) is 0 Å². The normalized spacial score (nSPS) is 12.3. The molecule has 0 saturated heterocycles. The second-order valence-electron chi connectivity index (χ2n) is 5.07. The molecular weight excluding hydrogens is 320 g/mol. The highest BCUT2D eigenvalue weighted by atomic mass is 35.5. The lowest BCUT2D eigenvalue weighted by Gasteiger charge is -2.09. The molecule has 0 amide bonds. The Kier molecular flexibility index (Phi) is 4.88. The van der Waals surface area contributed by atoms with Crippen molar-refractivity contribution in [3.63, 3.8) is 0 Å². The van der Waals surface area contributed by atoms with Crippen LogP contribution in [0.3, 0.4) is 0 Å². The van der Waals surface area contributed by atoms with Crippen molar-refractivity contribution in [2.45, 2.75) is 25.7 Å². The van der Waals surface area contributed by atoms with E-state index in [-0.39, 0.29) is 4.90 Å². The van der Waals surface area contributed by atoms with Crippen LogP contribution in [0.2, 0.25) is 5.02 Å². The van der Waals surface area contributed by atoms with Gasteiger partial charge < -0.3 is 0 Å². The van der Waals surface area contributed by atoms with E-state index >= 15 is 0 Å². The maximum absolute atomic E-state index is 12.4. The second-order valence-corrected chi connectivity index (χ2v) is 7.14. The first kappa shape index (κ1) is 16.5. The summed E-state index contributed by atoms with van der Waals surface area (Å²) >= 11 is 5.92. The molecule has 116 valence electrons. The van der Waals surface area contributed by atoms with Crippen LogP contribution in [0.4, 0.5) is 0 Å². The molecule has 0 aliphatic rings. The summed E-state index contributed by atoms with van der Waals surface area (Å²) in [5.74, 6) is 0. The maximum Gasteiger partial charge on any atom is 0.276 e. The number of rotatable bonds is 4. The zero-order valence-electron chi connectivity index (χ0n) is 12.6. The van der Waals surface area contributed by atoms with E-state index in [4.69, 9.17) is 11.6 Å². The summed E-state index contributed by atoms with van der Waals surface area (Å²) in [4.78, 5) is 2.51. The van der Waals surface area contributed by atoms with Crippen LogP contribution in [-0.4, -0.2) is 14.1 Å². The quantitative estimate of drug-likeness (QED) is 0.684. The molecule has 0 unspecified atom stereocenters. The Morgan fingerprint density at radius 3 is 2.55 bits per heavy atom. The van der Waals surface area contributed by atoms with Crippen LogP contribution in [0, 0.1) is 13.8 Å². The molecule has 1 N–H and O–H groups in total. The Labute approximate surface area is 135 Å². The van der Waals surface area contributed by atoms with E-state index in [1.54, 1.807) is 44.2 Å². The molecule has 0 aliphatic carbocycles. The van der Waals surface area contributed by atoms with Gasteiger partial charge in [0.1, 0.15) is 0 Å². The Morgan fingerprint density at radius 2 is 1.86 bits per heavy atom. The topological polar surface area (TPSA) is 58.5 Å². The third-order valence-corrected chi connectivity index (χ3v) is 4.79. The largest absolute Gasteiger partial charge is 0.276 e. The number of nitrogens with one attached hydrogen (secondary N) is 1. The van der Waals surface area contributed by atoms with Crippen LogP contribution in [0.15, 0.2) is 52.5 Å². The van der Waals surface area contributed by atoms with Gasteiger partial charge in [-0.3, -0.25) is 0 Å². The smallest absolute Gasteiger partial charge is 0.200 e. The molecule has 0 heterocycles. The fourth-order valence-electron chi connectivity index (χ4n) is 1.95. The second kappa shape index (κ2) is 6.50. The van der Waals surface area contributed by atoms with Gasteiger partial charge in [-0.15, -0.1) is 0 Å². The lowest BCUT2D eigenvalue weighted by Crippen LogP contribution is -2.21. The van der Waals surface area contributed by atoms with Gasteiger partial charge in [-0.1, -0.05) is 35.9 Å². The minimum Gasteiger partial charge on any atom is -0.200 e. The van der Waals surface area contributed by atoms with Gasteiger partial charge in [0, 0.05) is 5.02 Å². The van der Waals surface area contributed by atoms with Crippen molar-refractivity contribution in [2.75, 3.05) is 0 Å². The molecule has 0 atom stereocenters. The van der Waals surface area contributed by atoms with Gasteiger partial charge in [0.2, 0.25) is 0 Å². The molecule has 6 heteroatoms. The molecule has 0 saturated carbocycles. The fraction of sp³-hybridized carbons (Fsp3) is 0.188. The predicted octanol–water partition coefficient (Wildman–Crippen LogP) is 3.66. The number of hydrogen-bond acceptors (Lipinski definition) is 3. The highest BCUT2D eigenvalue weighted by Gasteiger charge is 2.16. The van der Waals surface area contributed by atoms with E-state index in [9.17, 15) is 8.42 Å². The molecular formula is C16H17ClN2O2S. The van der Waals surface area contributed by atoms with E-state index in [1.807, 2.05) is 19.1 Å². The van der Waals surface area contributed by atoms with E-state index in [1.165, 1.54) is 0 Å². The molecule has 0 bridgehead atoms. The Hall–Kier alpha value is -1.85. The van der Waals surface area contributed by atoms with Crippen LogP contribution in [0.5, 0.6) is 0 Å². The zero-order chi connectivity index (χ0) is 16.3. The summed E-state index contributed by atoms with van der Waals surface area (Å²) in [6, 6.07) is 12.4. The molecule has 0 aliphatic heterocycles. The van der Waals surface area contributed by atoms with Crippen molar-refractivity contribution < 1.29 is 8.42 Å². The first-order chi connectivity index (χ1) is 10.3. The third-order valence-electron chi connectivity index (χ3n) is 3.21. The van der Waals surface area contributed by atoms with Crippen LogP contribution >= 0.6 is 11.6 Å². The number of halogens is 1. The molecule has 4 nitrogen and oxygen atoms in total. The summed E-state index contributed by atoms with van der Waals surface area (Å²) < 4.78 is 24.7. The van der Waals surface area contributed by atoms with Crippen LogP contribution < -0.4 is 4.83 Å². The Balaban J connectivity index is 2.29. The lowest BCUT2D eigenvalue weighted by molar-refractivity contribution is 0.583. The first-order valence-corrected chi connectivity index (χ1v) is 8.55. The Morgan fingerprint density at radius 1 is 1.14 bits per heavy atom. The van der Waals surface area contributed by atoms with Crippen LogP contribution in [0.1, 0.15) is 23.6 Å². The van der Waals surface area contributed by atoms with Gasteiger partial charge in [0.05, 0.1) is 10.6 Å². The van der Waals surface area contributed by atoms with E-state index in [0.717, 1.165) is 11.1 Å². The van der Waals surface area contributed by atoms with Crippen molar-refractivity contribution >= 4 is 27.3 Å². The first-order valence-electron chi connectivity index (χ1n) is 6.69. The number of nitrogens with zero attached hydrogens (tertiary/aromatic N) is 1. The fourth-order valence-corrected chi connectivity index (χ4v) is 3.33. The zero-order valence-corrected chi connectivity index (χ0v) is 14.2. The molecule has 0 fully saturated rings. The van der Waals surface area contributed by atoms with E-state index in [0.29, 0.717) is 16.3 Å².